The average molecular weight is 786 g/mol. The average Bonchev–Trinajstić information content (AvgIpc) is 3.29. The van der Waals surface area contributed by atoms with Crippen molar-refractivity contribution in [1.29, 1.82) is 0 Å². The number of fused-ring (bicyclic) bond motifs is 2. The van der Waals surface area contributed by atoms with Crippen molar-refractivity contribution in [2.75, 3.05) is 7.05 Å². The summed E-state index contributed by atoms with van der Waals surface area (Å²) in [5.74, 6) is 0. The van der Waals surface area contributed by atoms with Gasteiger partial charge in [0.15, 0.2) is 0 Å². The van der Waals surface area contributed by atoms with E-state index in [1.807, 2.05) is 20.9 Å². The number of hydrogen-bond donors (Lipinski definition) is 2. The Kier molecular flexibility index (Phi) is 13.4. The zero-order chi connectivity index (χ0) is 41.3. The van der Waals surface area contributed by atoms with Gasteiger partial charge in [-0.1, -0.05) is 191 Å². The van der Waals surface area contributed by atoms with Crippen LogP contribution in [0.5, 0.6) is 0 Å². The van der Waals surface area contributed by atoms with Gasteiger partial charge in [-0.05, 0) is 140 Å². The molecule has 0 spiro atoms. The van der Waals surface area contributed by atoms with Crippen molar-refractivity contribution in [2.45, 2.75) is 58.4 Å². The van der Waals surface area contributed by atoms with Gasteiger partial charge in [0.05, 0.1) is 6.04 Å². The van der Waals surface area contributed by atoms with Gasteiger partial charge in [0.1, 0.15) is 0 Å². The number of aryl methyl sites for hydroxylation is 2. The second-order valence-corrected chi connectivity index (χ2v) is 15.6. The number of benzene rings is 7. The van der Waals surface area contributed by atoms with Crippen LogP contribution in [-0.4, -0.2) is 7.05 Å². The number of allylic oxidation sites excluding steroid dienone is 5. The highest BCUT2D eigenvalue weighted by atomic mass is 32.1. The summed E-state index contributed by atoms with van der Waals surface area (Å²) < 4.78 is 0. The quantitative estimate of drug-likeness (QED) is 0.132. The molecular formula is C57H55NS. The van der Waals surface area contributed by atoms with Crippen LogP contribution in [0.25, 0.3) is 61.9 Å². The van der Waals surface area contributed by atoms with E-state index in [-0.39, 0.29) is 6.04 Å². The van der Waals surface area contributed by atoms with Gasteiger partial charge >= 0.3 is 0 Å². The molecule has 7 aromatic carbocycles. The van der Waals surface area contributed by atoms with Crippen LogP contribution in [0.2, 0.25) is 0 Å². The van der Waals surface area contributed by atoms with Crippen molar-refractivity contribution in [1.82, 2.24) is 5.32 Å². The first-order valence-corrected chi connectivity index (χ1v) is 21.5. The highest BCUT2D eigenvalue weighted by molar-refractivity contribution is 7.80. The minimum Gasteiger partial charge on any atom is -0.310 e. The van der Waals surface area contributed by atoms with Crippen molar-refractivity contribution >= 4 is 41.1 Å². The summed E-state index contributed by atoms with van der Waals surface area (Å²) in [4.78, 5) is 0.973. The summed E-state index contributed by atoms with van der Waals surface area (Å²) in [7, 11) is 2.01. The zero-order valence-electron chi connectivity index (χ0n) is 35.3. The monoisotopic (exact) mass is 785 g/mol. The summed E-state index contributed by atoms with van der Waals surface area (Å²) in [6.07, 6.45) is 15.4. The molecule has 1 nitrogen and oxygen atoms in total. The van der Waals surface area contributed by atoms with E-state index in [0.717, 1.165) is 23.3 Å². The molecule has 0 saturated heterocycles. The summed E-state index contributed by atoms with van der Waals surface area (Å²) in [5.41, 5.74) is 19.0. The summed E-state index contributed by atoms with van der Waals surface area (Å²) in [5, 5.41) is 6.04. The molecule has 7 aromatic rings. The van der Waals surface area contributed by atoms with Gasteiger partial charge in [0.25, 0.3) is 0 Å². The first kappa shape index (κ1) is 41.2. The molecule has 0 bridgehead atoms. The molecule has 1 unspecified atom stereocenters. The smallest absolute Gasteiger partial charge is 0.0518 e. The van der Waals surface area contributed by atoms with Crippen molar-refractivity contribution in [3.05, 3.63) is 214 Å². The third-order valence-corrected chi connectivity index (χ3v) is 11.9. The lowest BCUT2D eigenvalue weighted by molar-refractivity contribution is 0.705. The van der Waals surface area contributed by atoms with Gasteiger partial charge in [0.2, 0.25) is 0 Å². The number of thiol groups is 1. The van der Waals surface area contributed by atoms with Crippen LogP contribution < -0.4 is 5.32 Å². The van der Waals surface area contributed by atoms with E-state index in [1.165, 1.54) is 88.7 Å². The first-order valence-electron chi connectivity index (χ1n) is 21.0. The number of rotatable bonds is 10. The van der Waals surface area contributed by atoms with Crippen LogP contribution in [0.1, 0.15) is 72.7 Å². The van der Waals surface area contributed by atoms with Gasteiger partial charge in [-0.15, -0.1) is 12.6 Å². The van der Waals surface area contributed by atoms with Gasteiger partial charge < -0.3 is 5.32 Å². The first-order chi connectivity index (χ1) is 28.9. The normalized spacial score (nSPS) is 13.7. The van der Waals surface area contributed by atoms with E-state index in [4.69, 9.17) is 12.6 Å². The Morgan fingerprint density at radius 3 is 2.12 bits per heavy atom. The lowest BCUT2D eigenvalue weighted by Gasteiger charge is -2.17. The van der Waals surface area contributed by atoms with Crippen LogP contribution in [0.3, 0.4) is 0 Å². The second kappa shape index (κ2) is 19.2. The van der Waals surface area contributed by atoms with Crippen molar-refractivity contribution in [3.8, 4) is 33.4 Å². The highest BCUT2D eigenvalue weighted by Crippen LogP contribution is 2.34. The molecule has 59 heavy (non-hydrogen) atoms. The van der Waals surface area contributed by atoms with Gasteiger partial charge in [-0.25, -0.2) is 0 Å². The Bertz CT molecular complexity index is 2690. The lowest BCUT2D eigenvalue weighted by Crippen LogP contribution is -2.14. The van der Waals surface area contributed by atoms with Crippen LogP contribution >= 0.6 is 12.6 Å². The molecule has 294 valence electrons. The SMILES string of the molecule is CC.CCc1cc(-c2ccc(C(/C=C\c3ccc4ccc(-c5ccccc5)c(C)c4c3)NC)c(S)c2)ccc1/C(C)=C/C=C1/C=Cc2ccc(-c3ccccc3)cc2C1. The zero-order valence-corrected chi connectivity index (χ0v) is 36.2. The van der Waals surface area contributed by atoms with Crippen LogP contribution in [0, 0.1) is 6.92 Å². The van der Waals surface area contributed by atoms with E-state index < -0.39 is 0 Å². The minimum absolute atomic E-state index is 0.0212. The molecule has 0 fully saturated rings. The van der Waals surface area contributed by atoms with Crippen LogP contribution in [0.15, 0.2) is 180 Å². The maximum Gasteiger partial charge on any atom is 0.0518 e. The van der Waals surface area contributed by atoms with E-state index in [1.54, 1.807) is 0 Å². The molecule has 0 amide bonds. The third-order valence-electron chi connectivity index (χ3n) is 11.5. The molecule has 0 aromatic heterocycles. The maximum atomic E-state index is 5.03. The van der Waals surface area contributed by atoms with E-state index in [9.17, 15) is 0 Å². The van der Waals surface area contributed by atoms with Crippen LogP contribution in [-0.2, 0) is 12.8 Å². The van der Waals surface area contributed by atoms with E-state index >= 15 is 0 Å². The molecule has 1 aliphatic carbocycles. The maximum absolute atomic E-state index is 5.03. The predicted octanol–water partition coefficient (Wildman–Crippen LogP) is 15.6. The fourth-order valence-electron chi connectivity index (χ4n) is 8.16. The minimum atomic E-state index is 0.0212. The molecule has 0 aliphatic heterocycles. The molecule has 0 saturated carbocycles. The number of likely N-dealkylation sites (N-methyl/N-ethyl adjacent to an activating group) is 1. The Labute approximate surface area is 358 Å². The van der Waals surface area contributed by atoms with Crippen molar-refractivity contribution < 1.29 is 0 Å². The Balaban J connectivity index is 0.00000260. The van der Waals surface area contributed by atoms with Gasteiger partial charge in [0, 0.05) is 4.90 Å². The second-order valence-electron chi connectivity index (χ2n) is 15.1. The van der Waals surface area contributed by atoms with E-state index in [2.05, 4.69) is 208 Å². The number of hydrogen-bond acceptors (Lipinski definition) is 2. The van der Waals surface area contributed by atoms with Gasteiger partial charge in [-0.2, -0.15) is 0 Å². The van der Waals surface area contributed by atoms with Gasteiger partial charge in [-0.3, -0.25) is 0 Å². The highest BCUT2D eigenvalue weighted by Gasteiger charge is 2.14. The van der Waals surface area contributed by atoms with Crippen molar-refractivity contribution in [2.24, 2.45) is 0 Å². The molecule has 1 aliphatic rings. The lowest BCUT2D eigenvalue weighted by atomic mass is 9.90. The number of nitrogens with one attached hydrogen (secondary N) is 1. The molecule has 1 N–H and O–H groups in total. The predicted molar refractivity (Wildman–Crippen MR) is 261 cm³/mol. The fourth-order valence-corrected chi connectivity index (χ4v) is 8.52. The summed E-state index contributed by atoms with van der Waals surface area (Å²) >= 11 is 5.03. The summed E-state index contributed by atoms with van der Waals surface area (Å²) in [6, 6.07) is 52.9. The molecule has 0 radical (unpaired) electrons. The molecular weight excluding hydrogens is 731 g/mol. The molecule has 0 heterocycles. The molecule has 8 rings (SSSR count). The molecule has 2 heteroatoms. The van der Waals surface area contributed by atoms with Crippen LogP contribution in [0.4, 0.5) is 0 Å². The third kappa shape index (κ3) is 9.36. The van der Waals surface area contributed by atoms with Crippen molar-refractivity contribution in [3.63, 3.8) is 0 Å². The fraction of sp³-hybridized carbons (Fsp3) is 0.158. The Morgan fingerprint density at radius 2 is 1.39 bits per heavy atom. The molecule has 1 atom stereocenters. The largest absolute Gasteiger partial charge is 0.310 e. The Morgan fingerprint density at radius 1 is 0.712 bits per heavy atom. The van der Waals surface area contributed by atoms with E-state index in [0.29, 0.717) is 0 Å². The Hall–Kier alpha value is -5.93. The standard InChI is InChI=1S/C55H49NS.C2H6/c1-5-41-34-47(26-28-50(41)37(2)16-17-39-18-21-43-23-24-46(35-49(43)32-39)42-12-8-6-9-13-42)48-27-30-52(55(57)36-48)54(56-4)31-20-40-19-22-45-25-29-51(38(3)53(45)33-40)44-14-10-7-11-15-44;1-2/h6-31,33-36,54,56-57H,5,32H2,1-4H3;1-2H3/b31-20-,37-16+,39-17-;. The summed E-state index contributed by atoms with van der Waals surface area (Å²) in [6.45, 7) is 10.7. The topological polar surface area (TPSA) is 12.0 Å².